The number of benzene rings is 1. The van der Waals surface area contributed by atoms with Gasteiger partial charge < -0.3 is 5.32 Å². The number of amides is 1. The van der Waals surface area contributed by atoms with Crippen molar-refractivity contribution in [2.24, 2.45) is 11.1 Å². The summed E-state index contributed by atoms with van der Waals surface area (Å²) in [5.41, 5.74) is -0.326. The number of carbonyl (C=O) groups is 1. The van der Waals surface area contributed by atoms with E-state index in [9.17, 15) is 17.6 Å². The van der Waals surface area contributed by atoms with Crippen molar-refractivity contribution in [1.82, 2.24) is 5.32 Å². The Morgan fingerprint density at radius 2 is 2.10 bits per heavy atom. The fourth-order valence-electron chi connectivity index (χ4n) is 2.54. The zero-order chi connectivity index (χ0) is 15.8. The monoisotopic (exact) mass is 378 g/mol. The van der Waals surface area contributed by atoms with Crippen molar-refractivity contribution in [3.05, 3.63) is 28.0 Å². The fraction of sp³-hybridized carbons (Fsp3) is 0.462. The Morgan fingerprint density at radius 3 is 2.62 bits per heavy atom. The third kappa shape index (κ3) is 3.81. The maximum absolute atomic E-state index is 14.2. The first kappa shape index (κ1) is 16.4. The van der Waals surface area contributed by atoms with Crippen LogP contribution >= 0.6 is 15.9 Å². The Balaban J connectivity index is 2.31. The maximum Gasteiger partial charge on any atom is 0.254 e. The van der Waals surface area contributed by atoms with Gasteiger partial charge in [-0.25, -0.2) is 17.9 Å². The molecule has 0 saturated heterocycles. The van der Waals surface area contributed by atoms with E-state index < -0.39 is 26.6 Å². The van der Waals surface area contributed by atoms with Gasteiger partial charge in [0.1, 0.15) is 4.90 Å². The second-order valence-electron chi connectivity index (χ2n) is 5.40. The van der Waals surface area contributed by atoms with E-state index in [0.29, 0.717) is 5.92 Å². The van der Waals surface area contributed by atoms with E-state index in [-0.39, 0.29) is 16.1 Å². The third-order valence-electron chi connectivity index (χ3n) is 3.59. The van der Waals surface area contributed by atoms with Gasteiger partial charge in [0.25, 0.3) is 5.91 Å². The van der Waals surface area contributed by atoms with Crippen LogP contribution in [0.2, 0.25) is 0 Å². The summed E-state index contributed by atoms with van der Waals surface area (Å²) in [6.07, 6.45) is 2.68. The van der Waals surface area contributed by atoms with E-state index in [1.54, 1.807) is 0 Å². The topological polar surface area (TPSA) is 89.3 Å². The molecule has 5 nitrogen and oxygen atoms in total. The van der Waals surface area contributed by atoms with E-state index in [1.807, 2.05) is 0 Å². The maximum atomic E-state index is 14.2. The molecule has 116 valence electrons. The molecule has 1 aromatic rings. The molecule has 1 fully saturated rings. The molecule has 3 N–H and O–H groups in total. The number of carbonyl (C=O) groups excluding carboxylic acids is 1. The van der Waals surface area contributed by atoms with Crippen molar-refractivity contribution < 1.29 is 17.6 Å². The summed E-state index contributed by atoms with van der Waals surface area (Å²) in [6, 6.07) is 2.28. The highest BCUT2D eigenvalue weighted by Gasteiger charge is 2.26. The molecule has 21 heavy (non-hydrogen) atoms. The number of primary sulfonamides is 1. The van der Waals surface area contributed by atoms with Gasteiger partial charge in [-0.2, -0.15) is 0 Å². The molecule has 0 spiro atoms. The predicted octanol–water partition coefficient (Wildman–Crippen LogP) is 2.15. The van der Waals surface area contributed by atoms with Crippen LogP contribution in [-0.4, -0.2) is 20.4 Å². The van der Waals surface area contributed by atoms with Crippen molar-refractivity contribution in [2.75, 3.05) is 0 Å². The van der Waals surface area contributed by atoms with Crippen LogP contribution in [0.3, 0.4) is 0 Å². The van der Waals surface area contributed by atoms with Crippen LogP contribution in [-0.2, 0) is 10.0 Å². The number of sulfonamides is 1. The third-order valence-corrected chi connectivity index (χ3v) is 4.95. The highest BCUT2D eigenvalue weighted by Crippen LogP contribution is 2.26. The van der Waals surface area contributed by atoms with Gasteiger partial charge in [0.2, 0.25) is 10.0 Å². The van der Waals surface area contributed by atoms with Crippen molar-refractivity contribution in [2.45, 2.75) is 37.1 Å². The molecule has 8 heteroatoms. The zero-order valence-corrected chi connectivity index (χ0v) is 13.8. The van der Waals surface area contributed by atoms with Gasteiger partial charge >= 0.3 is 0 Å². The van der Waals surface area contributed by atoms with E-state index in [0.717, 1.165) is 25.3 Å². The molecule has 1 aliphatic carbocycles. The van der Waals surface area contributed by atoms with Gasteiger partial charge in [-0.05, 0) is 37.3 Å². The van der Waals surface area contributed by atoms with Crippen LogP contribution in [0.1, 0.15) is 36.5 Å². The summed E-state index contributed by atoms with van der Waals surface area (Å²) in [5, 5.41) is 7.69. The van der Waals surface area contributed by atoms with Gasteiger partial charge in [0.05, 0.1) is 5.56 Å². The number of hydrogen-bond donors (Lipinski definition) is 2. The molecular weight excluding hydrogens is 363 g/mol. The van der Waals surface area contributed by atoms with Crippen molar-refractivity contribution >= 4 is 31.9 Å². The van der Waals surface area contributed by atoms with Crippen molar-refractivity contribution in [1.29, 1.82) is 0 Å². The molecule has 2 atom stereocenters. The minimum atomic E-state index is -4.23. The molecule has 2 rings (SSSR count). The Labute approximate surface area is 131 Å². The lowest BCUT2D eigenvalue weighted by atomic mass is 10.1. The number of nitrogens with one attached hydrogen (secondary N) is 1. The Morgan fingerprint density at radius 1 is 1.43 bits per heavy atom. The average molecular weight is 379 g/mol. The molecule has 0 radical (unpaired) electrons. The normalized spacial score (nSPS) is 22.3. The molecule has 0 bridgehead atoms. The second kappa shape index (κ2) is 6.02. The highest BCUT2D eigenvalue weighted by molar-refractivity contribution is 9.10. The highest BCUT2D eigenvalue weighted by atomic mass is 79.9. The quantitative estimate of drug-likeness (QED) is 0.844. The van der Waals surface area contributed by atoms with Crippen molar-refractivity contribution in [3.8, 4) is 0 Å². The fourth-order valence-corrected chi connectivity index (χ4v) is 3.80. The second-order valence-corrected chi connectivity index (χ2v) is 7.84. The summed E-state index contributed by atoms with van der Waals surface area (Å²) in [5.74, 6) is -1.23. The summed E-state index contributed by atoms with van der Waals surface area (Å²) in [4.78, 5) is 11.5. The molecule has 0 aliphatic heterocycles. The first-order chi connectivity index (χ1) is 9.68. The first-order valence-electron chi connectivity index (χ1n) is 6.51. The molecule has 1 amide bonds. The molecule has 0 aromatic heterocycles. The van der Waals surface area contributed by atoms with E-state index in [1.165, 1.54) is 6.07 Å². The Bertz CT molecular complexity index is 678. The Hall–Kier alpha value is -0.990. The summed E-state index contributed by atoms with van der Waals surface area (Å²) >= 11 is 3.06. The number of nitrogens with two attached hydrogens (primary N) is 1. The van der Waals surface area contributed by atoms with Crippen LogP contribution in [0.25, 0.3) is 0 Å². The number of rotatable bonds is 3. The predicted molar refractivity (Wildman–Crippen MR) is 79.7 cm³/mol. The van der Waals surface area contributed by atoms with Gasteiger partial charge in [-0.1, -0.05) is 22.9 Å². The van der Waals surface area contributed by atoms with Crippen LogP contribution in [0.15, 0.2) is 21.5 Å². The lowest BCUT2D eigenvalue weighted by Crippen LogP contribution is -2.33. The van der Waals surface area contributed by atoms with Crippen LogP contribution in [0.4, 0.5) is 4.39 Å². The lowest BCUT2D eigenvalue weighted by molar-refractivity contribution is 0.0932. The molecular formula is C13H16BrFN2O3S. The zero-order valence-electron chi connectivity index (χ0n) is 11.4. The molecule has 1 saturated carbocycles. The van der Waals surface area contributed by atoms with Gasteiger partial charge in [0, 0.05) is 10.5 Å². The number of hydrogen-bond acceptors (Lipinski definition) is 3. The van der Waals surface area contributed by atoms with Crippen LogP contribution in [0.5, 0.6) is 0 Å². The summed E-state index contributed by atoms with van der Waals surface area (Å²) in [6.45, 7) is 2.09. The van der Waals surface area contributed by atoms with Crippen LogP contribution < -0.4 is 10.5 Å². The van der Waals surface area contributed by atoms with E-state index in [2.05, 4.69) is 28.2 Å². The Kier molecular flexibility index (Phi) is 4.69. The molecule has 1 aromatic carbocycles. The first-order valence-corrected chi connectivity index (χ1v) is 8.85. The number of halogens is 2. The van der Waals surface area contributed by atoms with Crippen LogP contribution in [0, 0.1) is 11.7 Å². The van der Waals surface area contributed by atoms with Gasteiger partial charge in [-0.3, -0.25) is 4.79 Å². The van der Waals surface area contributed by atoms with Gasteiger partial charge in [-0.15, -0.1) is 0 Å². The van der Waals surface area contributed by atoms with Gasteiger partial charge in [0.15, 0.2) is 5.82 Å². The van der Waals surface area contributed by atoms with E-state index in [4.69, 9.17) is 5.14 Å². The minimum Gasteiger partial charge on any atom is -0.349 e. The largest absolute Gasteiger partial charge is 0.349 e. The SMILES string of the molecule is CC1CCC(NC(=O)c2cc(Br)cc(S(N)(=O)=O)c2F)C1. The van der Waals surface area contributed by atoms with E-state index >= 15 is 0 Å². The minimum absolute atomic E-state index is 0.0104. The lowest BCUT2D eigenvalue weighted by Gasteiger charge is -2.14. The van der Waals surface area contributed by atoms with Crippen molar-refractivity contribution in [3.63, 3.8) is 0 Å². The smallest absolute Gasteiger partial charge is 0.254 e. The average Bonchev–Trinajstić information content (AvgIpc) is 2.75. The molecule has 2 unspecified atom stereocenters. The standard InChI is InChI=1S/C13H16BrFN2O3S/c1-7-2-3-9(4-7)17-13(18)10-5-8(14)6-11(12(10)15)21(16,19)20/h5-7,9H,2-4H2,1H3,(H,17,18)(H2,16,19,20). The summed E-state index contributed by atoms with van der Waals surface area (Å²) < 4.78 is 37.2. The molecule has 0 heterocycles. The molecule has 1 aliphatic rings. The summed E-state index contributed by atoms with van der Waals surface area (Å²) in [7, 11) is -4.23.